The molecule has 0 aliphatic heterocycles. The third-order valence-electron chi connectivity index (χ3n) is 1.55. The van der Waals surface area contributed by atoms with Gasteiger partial charge in [0.1, 0.15) is 0 Å². The molecular weight excluding hydrogens is 196 g/mol. The number of hydrogen-bond donors (Lipinski definition) is 0. The molecule has 0 amide bonds. The topological polar surface area (TPSA) is 34.1 Å². The van der Waals surface area contributed by atoms with Gasteiger partial charge in [0.25, 0.3) is 0 Å². The summed E-state index contributed by atoms with van der Waals surface area (Å²) in [5, 5.41) is 0.546. The molecule has 1 rings (SSSR count). The first kappa shape index (κ1) is 9.55. The summed E-state index contributed by atoms with van der Waals surface area (Å²) in [5.74, 6) is 0.120. The van der Waals surface area contributed by atoms with Crippen molar-refractivity contribution in [3.63, 3.8) is 0 Å². The Hall–Kier alpha value is -0.540. The van der Waals surface area contributed by atoms with Crippen LogP contribution in [0.25, 0.3) is 0 Å². The zero-order valence-electron chi connectivity index (χ0n) is 6.62. The second-order valence-electron chi connectivity index (χ2n) is 2.36. The summed E-state index contributed by atoms with van der Waals surface area (Å²) in [6.07, 6.45) is 0. The summed E-state index contributed by atoms with van der Waals surface area (Å²) in [4.78, 5) is 0.328. The van der Waals surface area contributed by atoms with Crippen LogP contribution in [0.3, 0.4) is 0 Å². The molecule has 0 spiro atoms. The zero-order valence-corrected chi connectivity index (χ0v) is 8.19. The van der Waals surface area contributed by atoms with E-state index in [4.69, 9.17) is 11.6 Å². The molecule has 0 heterocycles. The fraction of sp³-hybridized carbons (Fsp3) is 0.250. The molecule has 0 bridgehead atoms. The first-order valence-electron chi connectivity index (χ1n) is 3.54. The van der Waals surface area contributed by atoms with Gasteiger partial charge in [-0.2, -0.15) is 0 Å². The Morgan fingerprint density at radius 3 is 2.17 bits per heavy atom. The molecule has 0 atom stereocenters. The summed E-state index contributed by atoms with van der Waals surface area (Å²) in [7, 11) is -3.07. The van der Waals surface area contributed by atoms with Gasteiger partial charge >= 0.3 is 0 Å². The number of rotatable bonds is 2. The zero-order chi connectivity index (χ0) is 9.19. The second-order valence-corrected chi connectivity index (χ2v) is 5.07. The molecule has 0 unspecified atom stereocenters. The summed E-state index contributed by atoms with van der Waals surface area (Å²) in [6.45, 7) is 1.62. The van der Waals surface area contributed by atoms with Crippen LogP contribution in [0, 0.1) is 0 Å². The Balaban J connectivity index is 3.14. The van der Waals surface area contributed by atoms with E-state index in [0.717, 1.165) is 0 Å². The van der Waals surface area contributed by atoms with E-state index in [9.17, 15) is 8.42 Å². The van der Waals surface area contributed by atoms with Crippen molar-refractivity contribution in [2.75, 3.05) is 5.75 Å². The largest absolute Gasteiger partial charge is 0.224 e. The van der Waals surface area contributed by atoms with Crippen molar-refractivity contribution in [2.24, 2.45) is 0 Å². The van der Waals surface area contributed by atoms with Crippen molar-refractivity contribution < 1.29 is 8.42 Å². The van der Waals surface area contributed by atoms with E-state index in [-0.39, 0.29) is 5.75 Å². The van der Waals surface area contributed by atoms with E-state index in [2.05, 4.69) is 0 Å². The molecule has 12 heavy (non-hydrogen) atoms. The van der Waals surface area contributed by atoms with Crippen LogP contribution in [0.1, 0.15) is 6.92 Å². The van der Waals surface area contributed by atoms with Crippen molar-refractivity contribution in [2.45, 2.75) is 11.8 Å². The smallest absolute Gasteiger partial charge is 0.178 e. The van der Waals surface area contributed by atoms with Crippen molar-refractivity contribution in [1.82, 2.24) is 0 Å². The van der Waals surface area contributed by atoms with E-state index in [1.807, 2.05) is 0 Å². The van der Waals surface area contributed by atoms with E-state index in [1.165, 1.54) is 12.1 Å². The van der Waals surface area contributed by atoms with Gasteiger partial charge in [-0.15, -0.1) is 0 Å². The van der Waals surface area contributed by atoms with Crippen molar-refractivity contribution >= 4 is 21.4 Å². The standard InChI is InChI=1S/C8H9ClO2S/c1-2-12(10,11)8-5-3-7(9)4-6-8/h3-6H,2H2,1H3. The maximum absolute atomic E-state index is 11.3. The fourth-order valence-corrected chi connectivity index (χ4v) is 1.82. The van der Waals surface area contributed by atoms with Gasteiger partial charge in [-0.3, -0.25) is 0 Å². The molecular formula is C8H9ClO2S. The highest BCUT2D eigenvalue weighted by Gasteiger charge is 2.09. The summed E-state index contributed by atoms with van der Waals surface area (Å²) < 4.78 is 22.5. The van der Waals surface area contributed by atoms with Crippen LogP contribution >= 0.6 is 11.6 Å². The molecule has 0 fully saturated rings. The van der Waals surface area contributed by atoms with Crippen LogP contribution in [0.2, 0.25) is 5.02 Å². The maximum Gasteiger partial charge on any atom is 0.178 e. The first-order chi connectivity index (χ1) is 5.56. The molecule has 0 aliphatic rings. The molecule has 0 aliphatic carbocycles. The van der Waals surface area contributed by atoms with Crippen LogP contribution in [-0.4, -0.2) is 14.2 Å². The van der Waals surface area contributed by atoms with Gasteiger partial charge in [0.05, 0.1) is 10.6 Å². The number of benzene rings is 1. The molecule has 0 saturated heterocycles. The number of sulfone groups is 1. The van der Waals surface area contributed by atoms with Crippen molar-refractivity contribution in [3.05, 3.63) is 29.3 Å². The summed E-state index contributed by atoms with van der Waals surface area (Å²) in [5.41, 5.74) is 0. The van der Waals surface area contributed by atoms with E-state index in [0.29, 0.717) is 9.92 Å². The lowest BCUT2D eigenvalue weighted by molar-refractivity contribution is 0.597. The lowest BCUT2D eigenvalue weighted by Gasteiger charge is -1.99. The molecule has 1 aromatic carbocycles. The normalized spacial score (nSPS) is 11.5. The highest BCUT2D eigenvalue weighted by molar-refractivity contribution is 7.91. The van der Waals surface area contributed by atoms with E-state index >= 15 is 0 Å². The van der Waals surface area contributed by atoms with Gasteiger partial charge in [-0.1, -0.05) is 18.5 Å². The number of hydrogen-bond acceptors (Lipinski definition) is 2. The molecule has 0 radical (unpaired) electrons. The molecule has 0 saturated carbocycles. The molecule has 1 aromatic rings. The SMILES string of the molecule is CCS(=O)(=O)c1ccc(Cl)cc1. The average molecular weight is 205 g/mol. The Bertz CT molecular complexity index is 353. The Labute approximate surface area is 77.1 Å². The third-order valence-corrected chi connectivity index (χ3v) is 3.56. The van der Waals surface area contributed by atoms with Gasteiger partial charge in [0.2, 0.25) is 0 Å². The van der Waals surface area contributed by atoms with Crippen LogP contribution in [-0.2, 0) is 9.84 Å². The quantitative estimate of drug-likeness (QED) is 0.740. The highest BCUT2D eigenvalue weighted by Crippen LogP contribution is 2.14. The van der Waals surface area contributed by atoms with Gasteiger partial charge in [0, 0.05) is 5.02 Å². The van der Waals surface area contributed by atoms with Crippen molar-refractivity contribution in [1.29, 1.82) is 0 Å². The van der Waals surface area contributed by atoms with E-state index < -0.39 is 9.84 Å². The minimum Gasteiger partial charge on any atom is -0.224 e. The molecule has 0 N–H and O–H groups in total. The lowest BCUT2D eigenvalue weighted by atomic mass is 10.4. The Kier molecular flexibility index (Phi) is 2.75. The van der Waals surface area contributed by atoms with Gasteiger partial charge < -0.3 is 0 Å². The summed E-state index contributed by atoms with van der Waals surface area (Å²) >= 11 is 5.61. The van der Waals surface area contributed by atoms with Gasteiger partial charge in [0.15, 0.2) is 9.84 Å². The third kappa shape index (κ3) is 1.99. The molecule has 66 valence electrons. The minimum absolute atomic E-state index is 0.120. The number of halogens is 1. The second kappa shape index (κ2) is 3.46. The minimum atomic E-state index is -3.07. The Morgan fingerprint density at radius 1 is 1.25 bits per heavy atom. The average Bonchev–Trinajstić information content (AvgIpc) is 2.05. The van der Waals surface area contributed by atoms with Crippen LogP contribution in [0.4, 0.5) is 0 Å². The lowest BCUT2D eigenvalue weighted by Crippen LogP contribution is -2.02. The molecule has 2 nitrogen and oxygen atoms in total. The molecule has 0 aromatic heterocycles. The van der Waals surface area contributed by atoms with Crippen LogP contribution in [0.5, 0.6) is 0 Å². The summed E-state index contributed by atoms with van der Waals surface area (Å²) in [6, 6.07) is 6.18. The van der Waals surface area contributed by atoms with E-state index in [1.54, 1.807) is 19.1 Å². The van der Waals surface area contributed by atoms with Gasteiger partial charge in [-0.25, -0.2) is 8.42 Å². The maximum atomic E-state index is 11.3. The van der Waals surface area contributed by atoms with Crippen LogP contribution < -0.4 is 0 Å². The molecule has 4 heteroatoms. The predicted molar refractivity (Wildman–Crippen MR) is 49.2 cm³/mol. The van der Waals surface area contributed by atoms with Crippen molar-refractivity contribution in [3.8, 4) is 0 Å². The highest BCUT2D eigenvalue weighted by atomic mass is 35.5. The van der Waals surface area contributed by atoms with Gasteiger partial charge in [-0.05, 0) is 24.3 Å². The fourth-order valence-electron chi connectivity index (χ4n) is 0.809. The van der Waals surface area contributed by atoms with Crippen LogP contribution in [0.15, 0.2) is 29.2 Å². The monoisotopic (exact) mass is 204 g/mol. The predicted octanol–water partition coefficient (Wildman–Crippen LogP) is 2.13. The Morgan fingerprint density at radius 2 is 1.75 bits per heavy atom. The first-order valence-corrected chi connectivity index (χ1v) is 5.57.